The monoisotopic (exact) mass is 472 g/mol. The van der Waals surface area contributed by atoms with Crippen LogP contribution in [-0.4, -0.2) is 41.0 Å². The average molecular weight is 473 g/mol. The molecule has 0 saturated carbocycles. The van der Waals surface area contributed by atoms with Crippen LogP contribution >= 0.6 is 12.4 Å². The molecule has 3 rings (SSSR count). The summed E-state index contributed by atoms with van der Waals surface area (Å²) in [5, 5.41) is 32.3. The number of carbonyl (C=O) groups is 1. The second-order valence-corrected chi connectivity index (χ2v) is 9.28. The van der Waals surface area contributed by atoms with Crippen LogP contribution < -0.4 is 10.1 Å². The van der Waals surface area contributed by atoms with E-state index in [0.29, 0.717) is 29.3 Å². The van der Waals surface area contributed by atoms with Crippen LogP contribution in [0.4, 0.5) is 0 Å². The van der Waals surface area contributed by atoms with Gasteiger partial charge in [0, 0.05) is 18.5 Å². The number of nitriles is 1. The summed E-state index contributed by atoms with van der Waals surface area (Å²) in [6.07, 6.45) is 2.66. The first-order valence-electron chi connectivity index (χ1n) is 11.1. The summed E-state index contributed by atoms with van der Waals surface area (Å²) in [5.41, 5.74) is 3.75. The molecule has 0 bridgehead atoms. The van der Waals surface area contributed by atoms with Gasteiger partial charge in [0.2, 0.25) is 0 Å². The molecule has 178 valence electrons. The molecular formula is C26H33ClN2O4. The Bertz CT molecular complexity index is 961. The number of hydrogen-bond acceptors (Lipinski definition) is 5. The van der Waals surface area contributed by atoms with Gasteiger partial charge in [-0.1, -0.05) is 36.4 Å². The molecule has 0 fully saturated rings. The van der Waals surface area contributed by atoms with Crippen LogP contribution in [0.15, 0.2) is 42.5 Å². The molecule has 7 heteroatoms. The van der Waals surface area contributed by atoms with E-state index in [2.05, 4.69) is 49.5 Å². The molecule has 1 atom stereocenters. The van der Waals surface area contributed by atoms with Crippen LogP contribution in [0.3, 0.4) is 0 Å². The molecule has 0 spiro atoms. The summed E-state index contributed by atoms with van der Waals surface area (Å²) in [6, 6.07) is 15.8. The van der Waals surface area contributed by atoms with Crippen LogP contribution in [0, 0.1) is 17.2 Å². The van der Waals surface area contributed by atoms with Crippen LogP contribution in [0.2, 0.25) is 0 Å². The van der Waals surface area contributed by atoms with E-state index in [9.17, 15) is 15.2 Å². The minimum atomic E-state index is -0.907. The Labute approximate surface area is 202 Å². The number of fused-ring (bicyclic) bond motifs is 1. The van der Waals surface area contributed by atoms with Gasteiger partial charge in [-0.15, -0.1) is 12.4 Å². The molecule has 0 heterocycles. The maximum Gasteiger partial charge on any atom is 0.303 e. The number of benzene rings is 2. The van der Waals surface area contributed by atoms with E-state index in [-0.39, 0.29) is 37.4 Å². The number of aliphatic hydroxyl groups excluding tert-OH is 1. The number of carboxylic acid groups (broad SMARTS) is 1. The van der Waals surface area contributed by atoms with Gasteiger partial charge < -0.3 is 20.3 Å². The molecule has 1 aliphatic rings. The third kappa shape index (κ3) is 7.75. The molecular weight excluding hydrogens is 440 g/mol. The predicted octanol–water partition coefficient (Wildman–Crippen LogP) is 3.91. The van der Waals surface area contributed by atoms with Crippen molar-refractivity contribution in [1.29, 1.82) is 5.26 Å². The highest BCUT2D eigenvalue weighted by Gasteiger charge is 2.28. The summed E-state index contributed by atoms with van der Waals surface area (Å²) in [7, 11) is 0. The second kappa shape index (κ2) is 12.0. The molecule has 6 nitrogen and oxygen atoms in total. The number of aliphatic carboxylic acids is 1. The van der Waals surface area contributed by atoms with Crippen LogP contribution in [-0.2, 0) is 24.1 Å². The third-order valence-corrected chi connectivity index (χ3v) is 6.00. The van der Waals surface area contributed by atoms with Crippen molar-refractivity contribution in [2.24, 2.45) is 5.92 Å². The van der Waals surface area contributed by atoms with E-state index in [0.717, 1.165) is 19.3 Å². The fourth-order valence-corrected chi connectivity index (χ4v) is 4.50. The van der Waals surface area contributed by atoms with E-state index >= 15 is 0 Å². The summed E-state index contributed by atoms with van der Waals surface area (Å²) in [4.78, 5) is 10.9. The zero-order valence-corrected chi connectivity index (χ0v) is 20.0. The molecule has 0 aliphatic heterocycles. The molecule has 1 aliphatic carbocycles. The zero-order chi connectivity index (χ0) is 23.1. The molecule has 0 amide bonds. The van der Waals surface area contributed by atoms with Crippen LogP contribution in [0.25, 0.3) is 0 Å². The lowest BCUT2D eigenvalue weighted by atomic mass is 9.88. The number of aliphatic hydroxyl groups is 1. The Morgan fingerprint density at radius 3 is 2.48 bits per heavy atom. The summed E-state index contributed by atoms with van der Waals surface area (Å²) >= 11 is 0. The van der Waals surface area contributed by atoms with Gasteiger partial charge >= 0.3 is 5.97 Å². The maximum atomic E-state index is 10.9. The Kier molecular flexibility index (Phi) is 9.72. The summed E-state index contributed by atoms with van der Waals surface area (Å²) in [5.74, 6) is 0.0380. The maximum absolute atomic E-state index is 10.9. The molecule has 0 unspecified atom stereocenters. The first kappa shape index (κ1) is 26.7. The average Bonchev–Trinajstić information content (AvgIpc) is 3.16. The first-order valence-corrected chi connectivity index (χ1v) is 11.1. The van der Waals surface area contributed by atoms with Crippen molar-refractivity contribution in [1.82, 2.24) is 5.32 Å². The Morgan fingerprint density at radius 2 is 1.88 bits per heavy atom. The number of para-hydroxylation sites is 1. The second-order valence-electron chi connectivity index (χ2n) is 9.28. The fraction of sp³-hybridized carbons (Fsp3) is 0.462. The molecule has 3 N–H and O–H groups in total. The Hall–Kier alpha value is -2.59. The van der Waals surface area contributed by atoms with Crippen molar-refractivity contribution in [2.45, 2.75) is 57.6 Å². The van der Waals surface area contributed by atoms with Gasteiger partial charge in [0.1, 0.15) is 24.5 Å². The van der Waals surface area contributed by atoms with Gasteiger partial charge in [0.05, 0.1) is 5.56 Å². The smallest absolute Gasteiger partial charge is 0.303 e. The van der Waals surface area contributed by atoms with E-state index in [1.165, 1.54) is 11.1 Å². The molecule has 33 heavy (non-hydrogen) atoms. The van der Waals surface area contributed by atoms with Gasteiger partial charge in [0.25, 0.3) is 0 Å². The van der Waals surface area contributed by atoms with Gasteiger partial charge in [0.15, 0.2) is 0 Å². The van der Waals surface area contributed by atoms with Crippen molar-refractivity contribution < 1.29 is 19.7 Å². The highest BCUT2D eigenvalue weighted by molar-refractivity contribution is 5.85. The minimum absolute atomic E-state index is 0. The Morgan fingerprint density at radius 1 is 1.21 bits per heavy atom. The first-order chi connectivity index (χ1) is 15.3. The van der Waals surface area contributed by atoms with Crippen molar-refractivity contribution >= 4 is 18.4 Å². The number of aryl methyl sites for hydroxylation is 1. The number of nitrogens with zero attached hydrogens (tertiary/aromatic N) is 1. The topological polar surface area (TPSA) is 103 Å². The van der Waals surface area contributed by atoms with E-state index < -0.39 is 12.1 Å². The molecule has 0 saturated heterocycles. The van der Waals surface area contributed by atoms with Crippen molar-refractivity contribution in [3.05, 3.63) is 64.7 Å². The van der Waals surface area contributed by atoms with E-state index in [1.807, 2.05) is 0 Å². The van der Waals surface area contributed by atoms with Crippen molar-refractivity contribution in [3.8, 4) is 11.8 Å². The van der Waals surface area contributed by atoms with Crippen LogP contribution in [0.5, 0.6) is 5.75 Å². The fourth-order valence-electron chi connectivity index (χ4n) is 4.50. The number of carboxylic acids is 1. The van der Waals surface area contributed by atoms with Gasteiger partial charge in [-0.2, -0.15) is 5.26 Å². The van der Waals surface area contributed by atoms with Crippen molar-refractivity contribution in [3.63, 3.8) is 0 Å². The van der Waals surface area contributed by atoms with E-state index in [4.69, 9.17) is 9.84 Å². The molecule has 0 aromatic heterocycles. The van der Waals surface area contributed by atoms with Crippen molar-refractivity contribution in [2.75, 3.05) is 13.2 Å². The number of hydrogen-bond donors (Lipinski definition) is 3. The quantitative estimate of drug-likeness (QED) is 0.458. The lowest BCUT2D eigenvalue weighted by molar-refractivity contribution is -0.136. The lowest BCUT2D eigenvalue weighted by Gasteiger charge is -2.30. The molecule has 2 aromatic carbocycles. The number of nitrogens with one attached hydrogen (secondary N) is 1. The number of rotatable bonds is 11. The number of β-amino-alcohol motifs (C(OH)–C–C–N with tert-alkyl or cyclic N) is 1. The highest BCUT2D eigenvalue weighted by atomic mass is 35.5. The highest BCUT2D eigenvalue weighted by Crippen LogP contribution is 2.32. The SMILES string of the molecule is CC(C)(CC1Cc2ccccc2C1)NC[C@H](O)COc1c(C#N)cccc1CCC(=O)O.Cl. The summed E-state index contributed by atoms with van der Waals surface area (Å²) < 4.78 is 5.79. The third-order valence-electron chi connectivity index (χ3n) is 6.00. The largest absolute Gasteiger partial charge is 0.489 e. The zero-order valence-electron chi connectivity index (χ0n) is 19.2. The Balaban J connectivity index is 0.00000385. The number of ether oxygens (including phenoxy) is 1. The lowest BCUT2D eigenvalue weighted by Crippen LogP contribution is -2.46. The standard InChI is InChI=1S/C26H32N2O4.ClH/c1-26(2,14-18-12-20-6-3-4-7-21(20)13-18)28-16-23(29)17-32-25-19(10-11-24(30)31)8-5-9-22(25)15-27;/h3-9,18,23,28-29H,10-14,16-17H2,1-2H3,(H,30,31);1H/t23-;/m0./s1. The van der Waals surface area contributed by atoms with Crippen LogP contribution in [0.1, 0.15) is 48.9 Å². The minimum Gasteiger partial charge on any atom is -0.489 e. The van der Waals surface area contributed by atoms with E-state index in [1.54, 1.807) is 18.2 Å². The number of halogens is 1. The van der Waals surface area contributed by atoms with Gasteiger partial charge in [-0.05, 0) is 68.2 Å². The predicted molar refractivity (Wildman–Crippen MR) is 130 cm³/mol. The van der Waals surface area contributed by atoms with Gasteiger partial charge in [-0.3, -0.25) is 4.79 Å². The normalized spacial score (nSPS) is 14.1. The summed E-state index contributed by atoms with van der Waals surface area (Å²) in [6.45, 7) is 4.69. The van der Waals surface area contributed by atoms with Gasteiger partial charge in [-0.25, -0.2) is 0 Å². The molecule has 0 radical (unpaired) electrons. The molecule has 2 aromatic rings.